The topological polar surface area (TPSA) is 39.2 Å². The predicted molar refractivity (Wildman–Crippen MR) is 40.2 cm³/mol. The Balaban J connectivity index is 2.13. The average Bonchev–Trinajstić information content (AvgIpc) is 2.55. The number of nitrogens with zero attached hydrogens (tertiary/aromatic N) is 1. The molecule has 1 aliphatic heterocycles. The van der Waals surface area contributed by atoms with Crippen LogP contribution in [-0.2, 0) is 9.53 Å². The van der Waals surface area contributed by atoms with Gasteiger partial charge < -0.3 is 4.74 Å². The second kappa shape index (κ2) is 2.62. The van der Waals surface area contributed by atoms with Crippen LogP contribution in [0.15, 0.2) is 11.6 Å². The van der Waals surface area contributed by atoms with E-state index in [4.69, 9.17) is 4.74 Å². The minimum Gasteiger partial charge on any atom is -0.455 e. The van der Waals surface area contributed by atoms with Gasteiger partial charge in [0, 0.05) is 24.4 Å². The first-order valence-corrected chi connectivity index (χ1v) is 4.33. The molecular formula is C7H7NO2S. The van der Waals surface area contributed by atoms with Crippen molar-refractivity contribution in [3.8, 4) is 0 Å². The number of carbonyl (C=O) groups excluding carboxylic acids is 1. The van der Waals surface area contributed by atoms with Gasteiger partial charge in [-0.3, -0.25) is 4.79 Å². The molecule has 4 heteroatoms. The van der Waals surface area contributed by atoms with Crippen LogP contribution in [0.4, 0.5) is 0 Å². The first kappa shape index (κ1) is 6.79. The van der Waals surface area contributed by atoms with Crippen molar-refractivity contribution in [3.63, 3.8) is 0 Å². The van der Waals surface area contributed by atoms with Crippen molar-refractivity contribution in [3.05, 3.63) is 16.6 Å². The molecule has 1 aromatic rings. The Hall–Kier alpha value is -0.900. The zero-order valence-electron chi connectivity index (χ0n) is 5.82. The molecule has 1 saturated heterocycles. The molecule has 1 aromatic heterocycles. The third-order valence-electron chi connectivity index (χ3n) is 1.61. The Bertz CT molecular complexity index is 257. The highest BCUT2D eigenvalue weighted by Crippen LogP contribution is 2.30. The SMILES string of the molecule is O=C1CCC(c2nccs2)O1. The predicted octanol–water partition coefficient (Wildman–Crippen LogP) is 1.52. The summed E-state index contributed by atoms with van der Waals surface area (Å²) in [7, 11) is 0. The van der Waals surface area contributed by atoms with Crippen LogP contribution in [0.2, 0.25) is 0 Å². The van der Waals surface area contributed by atoms with E-state index in [-0.39, 0.29) is 12.1 Å². The van der Waals surface area contributed by atoms with E-state index in [1.807, 2.05) is 5.38 Å². The Morgan fingerprint density at radius 3 is 3.18 bits per heavy atom. The number of esters is 1. The Morgan fingerprint density at radius 1 is 1.73 bits per heavy atom. The largest absolute Gasteiger partial charge is 0.455 e. The summed E-state index contributed by atoms with van der Waals surface area (Å²) in [5.41, 5.74) is 0. The summed E-state index contributed by atoms with van der Waals surface area (Å²) < 4.78 is 5.01. The van der Waals surface area contributed by atoms with Gasteiger partial charge in [-0.1, -0.05) is 0 Å². The highest BCUT2D eigenvalue weighted by atomic mass is 32.1. The molecule has 1 atom stereocenters. The van der Waals surface area contributed by atoms with Crippen molar-refractivity contribution in [1.82, 2.24) is 4.98 Å². The molecule has 0 aliphatic carbocycles. The summed E-state index contributed by atoms with van der Waals surface area (Å²) in [4.78, 5) is 14.8. The van der Waals surface area contributed by atoms with Crippen LogP contribution in [0.3, 0.4) is 0 Å². The average molecular weight is 169 g/mol. The molecule has 0 saturated carbocycles. The van der Waals surface area contributed by atoms with Crippen LogP contribution in [0.25, 0.3) is 0 Å². The molecule has 1 aliphatic rings. The molecule has 0 spiro atoms. The van der Waals surface area contributed by atoms with Crippen LogP contribution in [-0.4, -0.2) is 11.0 Å². The van der Waals surface area contributed by atoms with Gasteiger partial charge in [0.1, 0.15) is 5.01 Å². The number of ether oxygens (including phenoxy) is 1. The van der Waals surface area contributed by atoms with Crippen molar-refractivity contribution in [2.75, 3.05) is 0 Å². The van der Waals surface area contributed by atoms with Gasteiger partial charge in [0.2, 0.25) is 0 Å². The standard InChI is InChI=1S/C7H7NO2S/c9-6-2-1-5(10-6)7-8-3-4-11-7/h3-5H,1-2H2. The van der Waals surface area contributed by atoms with Gasteiger partial charge in [-0.2, -0.15) is 0 Å². The van der Waals surface area contributed by atoms with Gasteiger partial charge in [0.25, 0.3) is 0 Å². The van der Waals surface area contributed by atoms with E-state index in [0.717, 1.165) is 11.4 Å². The summed E-state index contributed by atoms with van der Waals surface area (Å²) in [5, 5.41) is 2.80. The fourth-order valence-electron chi connectivity index (χ4n) is 1.09. The molecule has 3 nitrogen and oxygen atoms in total. The fraction of sp³-hybridized carbons (Fsp3) is 0.429. The molecule has 0 bridgehead atoms. The van der Waals surface area contributed by atoms with Gasteiger partial charge >= 0.3 is 5.97 Å². The second-order valence-corrected chi connectivity index (χ2v) is 3.31. The minimum atomic E-state index is -0.106. The third kappa shape index (κ3) is 1.26. The van der Waals surface area contributed by atoms with Crippen molar-refractivity contribution >= 4 is 17.3 Å². The molecular weight excluding hydrogens is 162 g/mol. The Morgan fingerprint density at radius 2 is 2.64 bits per heavy atom. The van der Waals surface area contributed by atoms with Crippen molar-refractivity contribution in [2.45, 2.75) is 18.9 Å². The van der Waals surface area contributed by atoms with Gasteiger partial charge in [0.05, 0.1) is 0 Å². The molecule has 0 amide bonds. The number of hydrogen-bond donors (Lipinski definition) is 0. The molecule has 2 heterocycles. The molecule has 2 rings (SSSR count). The highest BCUT2D eigenvalue weighted by Gasteiger charge is 2.26. The van der Waals surface area contributed by atoms with Crippen LogP contribution < -0.4 is 0 Å². The van der Waals surface area contributed by atoms with Gasteiger partial charge in [-0.05, 0) is 0 Å². The van der Waals surface area contributed by atoms with E-state index < -0.39 is 0 Å². The van der Waals surface area contributed by atoms with Gasteiger partial charge in [-0.15, -0.1) is 11.3 Å². The van der Waals surface area contributed by atoms with Crippen LogP contribution in [0.1, 0.15) is 24.0 Å². The summed E-state index contributed by atoms with van der Waals surface area (Å²) in [6.07, 6.45) is 2.98. The molecule has 0 radical (unpaired) electrons. The number of hydrogen-bond acceptors (Lipinski definition) is 4. The normalized spacial score (nSPS) is 23.6. The molecule has 1 fully saturated rings. The van der Waals surface area contributed by atoms with Gasteiger partial charge in [0.15, 0.2) is 6.10 Å². The minimum absolute atomic E-state index is 0.0671. The van der Waals surface area contributed by atoms with E-state index in [9.17, 15) is 4.79 Å². The first-order valence-electron chi connectivity index (χ1n) is 3.45. The maximum Gasteiger partial charge on any atom is 0.306 e. The summed E-state index contributed by atoms with van der Waals surface area (Å²) >= 11 is 1.53. The van der Waals surface area contributed by atoms with E-state index in [1.165, 1.54) is 11.3 Å². The number of thiazole rings is 1. The Labute approximate surface area is 68.0 Å². The summed E-state index contributed by atoms with van der Waals surface area (Å²) in [6.45, 7) is 0. The highest BCUT2D eigenvalue weighted by molar-refractivity contribution is 7.09. The van der Waals surface area contributed by atoms with Gasteiger partial charge in [-0.25, -0.2) is 4.98 Å². The van der Waals surface area contributed by atoms with Crippen LogP contribution >= 0.6 is 11.3 Å². The monoisotopic (exact) mass is 169 g/mol. The lowest BCUT2D eigenvalue weighted by atomic mass is 10.2. The van der Waals surface area contributed by atoms with E-state index in [0.29, 0.717) is 6.42 Å². The summed E-state index contributed by atoms with van der Waals surface area (Å²) in [5.74, 6) is -0.106. The number of rotatable bonds is 1. The van der Waals surface area contributed by atoms with Crippen LogP contribution in [0.5, 0.6) is 0 Å². The molecule has 11 heavy (non-hydrogen) atoms. The third-order valence-corrected chi connectivity index (χ3v) is 2.48. The number of carbonyl (C=O) groups is 1. The van der Waals surface area contributed by atoms with Crippen molar-refractivity contribution in [1.29, 1.82) is 0 Å². The molecule has 0 aromatic carbocycles. The number of cyclic esters (lactones) is 1. The van der Waals surface area contributed by atoms with E-state index in [1.54, 1.807) is 6.20 Å². The lowest BCUT2D eigenvalue weighted by Crippen LogP contribution is -1.97. The lowest BCUT2D eigenvalue weighted by Gasteiger charge is -2.02. The molecule has 58 valence electrons. The van der Waals surface area contributed by atoms with E-state index in [2.05, 4.69) is 4.98 Å². The Kier molecular flexibility index (Phi) is 1.62. The second-order valence-electron chi connectivity index (χ2n) is 2.39. The fourth-order valence-corrected chi connectivity index (χ4v) is 1.79. The van der Waals surface area contributed by atoms with E-state index >= 15 is 0 Å². The van der Waals surface area contributed by atoms with Crippen LogP contribution in [0, 0.1) is 0 Å². The molecule has 1 unspecified atom stereocenters. The van der Waals surface area contributed by atoms with Crippen molar-refractivity contribution < 1.29 is 9.53 Å². The first-order chi connectivity index (χ1) is 5.36. The number of aromatic nitrogens is 1. The summed E-state index contributed by atoms with van der Waals surface area (Å²) in [6, 6.07) is 0. The quantitative estimate of drug-likeness (QED) is 0.598. The molecule has 0 N–H and O–H groups in total. The van der Waals surface area contributed by atoms with Crippen molar-refractivity contribution in [2.24, 2.45) is 0 Å². The zero-order valence-corrected chi connectivity index (χ0v) is 6.63. The smallest absolute Gasteiger partial charge is 0.306 e. The zero-order chi connectivity index (χ0) is 7.68. The lowest BCUT2D eigenvalue weighted by molar-refractivity contribution is -0.141. The maximum atomic E-state index is 10.7. The maximum absolute atomic E-state index is 10.7.